The van der Waals surface area contributed by atoms with E-state index in [9.17, 15) is 9.90 Å². The summed E-state index contributed by atoms with van der Waals surface area (Å²) < 4.78 is 5.09. The first-order valence-electron chi connectivity index (χ1n) is 6.43. The Balaban J connectivity index is 2.68. The highest BCUT2D eigenvalue weighted by atomic mass is 16.5. The highest BCUT2D eigenvalue weighted by Crippen LogP contribution is 2.18. The molecule has 106 valence electrons. The molecule has 0 atom stereocenters. The zero-order chi connectivity index (χ0) is 14.3. The standard InChI is InChI=1S/C14H22N2O3/c1-4-14(5-2,10-17)16-13(18)15-11-7-6-8-12(9-11)19-3/h6-9,17H,4-5,10H2,1-3H3,(H2,15,16,18). The lowest BCUT2D eigenvalue weighted by Gasteiger charge is -2.30. The molecule has 0 fully saturated rings. The molecule has 1 aromatic carbocycles. The van der Waals surface area contributed by atoms with Gasteiger partial charge in [-0.25, -0.2) is 4.79 Å². The molecule has 0 bridgehead atoms. The number of hydrogen-bond acceptors (Lipinski definition) is 3. The molecule has 0 aliphatic heterocycles. The van der Waals surface area contributed by atoms with Crippen LogP contribution in [0.5, 0.6) is 5.75 Å². The highest BCUT2D eigenvalue weighted by molar-refractivity contribution is 5.90. The lowest BCUT2D eigenvalue weighted by Crippen LogP contribution is -2.51. The fourth-order valence-corrected chi connectivity index (χ4v) is 1.79. The van der Waals surface area contributed by atoms with E-state index in [0.29, 0.717) is 24.3 Å². The number of nitrogens with one attached hydrogen (secondary N) is 2. The molecule has 1 aromatic rings. The summed E-state index contributed by atoms with van der Waals surface area (Å²) in [5, 5.41) is 15.0. The van der Waals surface area contributed by atoms with Crippen LogP contribution in [0, 0.1) is 0 Å². The van der Waals surface area contributed by atoms with Crippen molar-refractivity contribution in [2.75, 3.05) is 19.0 Å². The van der Waals surface area contributed by atoms with E-state index in [1.807, 2.05) is 13.8 Å². The number of benzene rings is 1. The number of methoxy groups -OCH3 is 1. The fraction of sp³-hybridized carbons (Fsp3) is 0.500. The molecule has 0 saturated heterocycles. The van der Waals surface area contributed by atoms with Gasteiger partial charge in [0.15, 0.2) is 0 Å². The molecule has 0 unspecified atom stereocenters. The zero-order valence-corrected chi connectivity index (χ0v) is 11.7. The van der Waals surface area contributed by atoms with Crippen molar-refractivity contribution in [3.8, 4) is 5.75 Å². The van der Waals surface area contributed by atoms with Gasteiger partial charge in [-0.15, -0.1) is 0 Å². The van der Waals surface area contributed by atoms with Gasteiger partial charge in [0, 0.05) is 11.8 Å². The van der Waals surface area contributed by atoms with E-state index in [1.54, 1.807) is 31.4 Å². The van der Waals surface area contributed by atoms with Gasteiger partial charge in [-0.1, -0.05) is 19.9 Å². The molecule has 2 amide bonds. The Morgan fingerprint density at radius 3 is 2.58 bits per heavy atom. The van der Waals surface area contributed by atoms with Crippen LogP contribution in [-0.2, 0) is 0 Å². The average Bonchev–Trinajstić information content (AvgIpc) is 2.45. The molecule has 0 aliphatic rings. The van der Waals surface area contributed by atoms with Crippen molar-refractivity contribution in [2.45, 2.75) is 32.2 Å². The SMILES string of the molecule is CCC(CC)(CO)NC(=O)Nc1cccc(OC)c1. The van der Waals surface area contributed by atoms with Gasteiger partial charge in [0.05, 0.1) is 19.3 Å². The van der Waals surface area contributed by atoms with Crippen LogP contribution in [0.2, 0.25) is 0 Å². The van der Waals surface area contributed by atoms with E-state index in [-0.39, 0.29) is 12.6 Å². The Hall–Kier alpha value is -1.75. The number of ether oxygens (including phenoxy) is 1. The van der Waals surface area contributed by atoms with E-state index in [0.717, 1.165) is 0 Å². The fourth-order valence-electron chi connectivity index (χ4n) is 1.79. The van der Waals surface area contributed by atoms with Crippen LogP contribution in [0.15, 0.2) is 24.3 Å². The second-order valence-corrected chi connectivity index (χ2v) is 4.46. The van der Waals surface area contributed by atoms with Crippen LogP contribution < -0.4 is 15.4 Å². The Morgan fingerprint density at radius 1 is 1.37 bits per heavy atom. The minimum absolute atomic E-state index is 0.0778. The van der Waals surface area contributed by atoms with Crippen LogP contribution in [0.25, 0.3) is 0 Å². The largest absolute Gasteiger partial charge is 0.497 e. The molecule has 0 aromatic heterocycles. The van der Waals surface area contributed by atoms with E-state index in [2.05, 4.69) is 10.6 Å². The van der Waals surface area contributed by atoms with Gasteiger partial charge in [-0.3, -0.25) is 0 Å². The normalized spacial score (nSPS) is 10.9. The van der Waals surface area contributed by atoms with Crippen molar-refractivity contribution < 1.29 is 14.6 Å². The first-order chi connectivity index (χ1) is 9.09. The van der Waals surface area contributed by atoms with Gasteiger partial charge in [0.2, 0.25) is 0 Å². The maximum atomic E-state index is 11.9. The van der Waals surface area contributed by atoms with E-state index in [1.165, 1.54) is 0 Å². The van der Waals surface area contributed by atoms with Gasteiger partial charge < -0.3 is 20.5 Å². The summed E-state index contributed by atoms with van der Waals surface area (Å²) in [4.78, 5) is 11.9. The van der Waals surface area contributed by atoms with Crippen molar-refractivity contribution >= 4 is 11.7 Å². The third-order valence-electron chi connectivity index (χ3n) is 3.36. The molecule has 19 heavy (non-hydrogen) atoms. The molecule has 3 N–H and O–H groups in total. The summed E-state index contributed by atoms with van der Waals surface area (Å²) in [6, 6.07) is 6.79. The molecule has 5 heteroatoms. The second-order valence-electron chi connectivity index (χ2n) is 4.46. The summed E-state index contributed by atoms with van der Waals surface area (Å²) in [6.45, 7) is 3.79. The first-order valence-corrected chi connectivity index (χ1v) is 6.43. The number of carbonyl (C=O) groups excluding carboxylic acids is 1. The monoisotopic (exact) mass is 266 g/mol. The van der Waals surface area contributed by atoms with Crippen LogP contribution in [0.4, 0.5) is 10.5 Å². The van der Waals surface area contributed by atoms with Crippen LogP contribution in [-0.4, -0.2) is 30.4 Å². The van der Waals surface area contributed by atoms with Crippen molar-refractivity contribution in [3.63, 3.8) is 0 Å². The molecule has 0 radical (unpaired) electrons. The number of anilines is 1. The summed E-state index contributed by atoms with van der Waals surface area (Å²) in [5.74, 6) is 0.678. The molecule has 0 aliphatic carbocycles. The molecule has 0 spiro atoms. The second kappa shape index (κ2) is 6.99. The van der Waals surface area contributed by atoms with E-state index < -0.39 is 5.54 Å². The van der Waals surface area contributed by atoms with Gasteiger partial charge >= 0.3 is 6.03 Å². The number of aliphatic hydroxyl groups excluding tert-OH is 1. The minimum Gasteiger partial charge on any atom is -0.497 e. The topological polar surface area (TPSA) is 70.6 Å². The highest BCUT2D eigenvalue weighted by Gasteiger charge is 2.27. The molecule has 1 rings (SSSR count). The first kappa shape index (κ1) is 15.3. The number of carbonyl (C=O) groups is 1. The Labute approximate surface area is 114 Å². The van der Waals surface area contributed by atoms with E-state index >= 15 is 0 Å². The third-order valence-corrected chi connectivity index (χ3v) is 3.36. The Bertz CT molecular complexity index is 409. The van der Waals surface area contributed by atoms with Gasteiger partial charge in [-0.05, 0) is 25.0 Å². The third kappa shape index (κ3) is 4.13. The number of rotatable bonds is 6. The lowest BCUT2D eigenvalue weighted by molar-refractivity contribution is 0.155. The molecular weight excluding hydrogens is 244 g/mol. The van der Waals surface area contributed by atoms with E-state index in [4.69, 9.17) is 4.74 Å². The van der Waals surface area contributed by atoms with Gasteiger partial charge in [0.1, 0.15) is 5.75 Å². The zero-order valence-electron chi connectivity index (χ0n) is 11.7. The van der Waals surface area contributed by atoms with Crippen molar-refractivity contribution in [3.05, 3.63) is 24.3 Å². The molecule has 0 heterocycles. The van der Waals surface area contributed by atoms with Crippen molar-refractivity contribution in [1.29, 1.82) is 0 Å². The van der Waals surface area contributed by atoms with Crippen molar-refractivity contribution in [2.24, 2.45) is 0 Å². The van der Waals surface area contributed by atoms with Crippen LogP contribution in [0.3, 0.4) is 0 Å². The number of urea groups is 1. The quantitative estimate of drug-likeness (QED) is 0.740. The molecule has 5 nitrogen and oxygen atoms in total. The Kier molecular flexibility index (Phi) is 5.63. The lowest BCUT2D eigenvalue weighted by atomic mass is 9.94. The summed E-state index contributed by atoms with van der Waals surface area (Å²) >= 11 is 0. The summed E-state index contributed by atoms with van der Waals surface area (Å²) in [7, 11) is 1.57. The number of hydrogen-bond donors (Lipinski definition) is 3. The maximum absolute atomic E-state index is 11.9. The summed E-state index contributed by atoms with van der Waals surface area (Å²) in [5.41, 5.74) is 0.0825. The number of aliphatic hydroxyl groups is 1. The smallest absolute Gasteiger partial charge is 0.319 e. The maximum Gasteiger partial charge on any atom is 0.319 e. The van der Waals surface area contributed by atoms with Gasteiger partial charge in [0.25, 0.3) is 0 Å². The predicted octanol–water partition coefficient (Wildman–Crippen LogP) is 2.37. The average molecular weight is 266 g/mol. The number of amides is 2. The summed E-state index contributed by atoms with van der Waals surface area (Å²) in [6.07, 6.45) is 1.34. The minimum atomic E-state index is -0.567. The van der Waals surface area contributed by atoms with Gasteiger partial charge in [-0.2, -0.15) is 0 Å². The van der Waals surface area contributed by atoms with Crippen molar-refractivity contribution in [1.82, 2.24) is 5.32 Å². The molecular formula is C14H22N2O3. The van der Waals surface area contributed by atoms with Crippen LogP contribution >= 0.6 is 0 Å². The Morgan fingerprint density at radius 2 is 2.05 bits per heavy atom. The predicted molar refractivity (Wildman–Crippen MR) is 75.5 cm³/mol. The van der Waals surface area contributed by atoms with Crippen LogP contribution in [0.1, 0.15) is 26.7 Å². The molecule has 0 saturated carbocycles.